The summed E-state index contributed by atoms with van der Waals surface area (Å²) in [5, 5.41) is 10.6. The van der Waals surface area contributed by atoms with Crippen LogP contribution in [-0.2, 0) is 0 Å². The Balaban J connectivity index is 1.84. The Morgan fingerprint density at radius 1 is 1.05 bits per heavy atom. The number of fused-ring (bicyclic) bond motifs is 1. The van der Waals surface area contributed by atoms with E-state index in [1.54, 1.807) is 18.2 Å². The average Bonchev–Trinajstić information content (AvgIpc) is 2.82. The van der Waals surface area contributed by atoms with Crippen LogP contribution in [0.2, 0.25) is 0 Å². The third-order valence-electron chi connectivity index (χ3n) is 3.08. The molecule has 0 saturated heterocycles. The van der Waals surface area contributed by atoms with E-state index in [2.05, 4.69) is 4.98 Å². The summed E-state index contributed by atoms with van der Waals surface area (Å²) in [5.41, 5.74) is 1.00. The van der Waals surface area contributed by atoms with Crippen LogP contribution in [0.25, 0.3) is 10.9 Å². The number of nitrogens with one attached hydrogen (secondary N) is 1. The highest BCUT2D eigenvalue weighted by atomic mass is 16.5. The lowest BCUT2D eigenvalue weighted by Crippen LogP contribution is -2.11. The predicted molar refractivity (Wildman–Crippen MR) is 76.2 cm³/mol. The number of aromatic nitrogens is 1. The van der Waals surface area contributed by atoms with Gasteiger partial charge in [0.2, 0.25) is 11.7 Å². The molecule has 0 unspecified atom stereocenters. The highest BCUT2D eigenvalue weighted by molar-refractivity contribution is 6.10. The molecule has 2 N–H and O–H groups in total. The number of Topliss-reactive ketones (excluding diaryl/α,β-unsaturated/α-hetero) is 1. The van der Waals surface area contributed by atoms with Crippen LogP contribution in [0, 0.1) is 0 Å². The van der Waals surface area contributed by atoms with Crippen molar-refractivity contribution in [3.05, 3.63) is 60.2 Å². The Morgan fingerprint density at radius 2 is 1.75 bits per heavy atom. The molecule has 0 aliphatic carbocycles. The molecule has 0 amide bonds. The SMILES string of the molecule is O=C(COc1ccccc1)c1c(O)[nH]c2ccccc12. The topological polar surface area (TPSA) is 62.3 Å². The molecule has 0 aliphatic rings. The Labute approximate surface area is 115 Å². The Kier molecular flexibility index (Phi) is 3.13. The Bertz CT molecular complexity index is 747. The summed E-state index contributed by atoms with van der Waals surface area (Å²) >= 11 is 0. The zero-order chi connectivity index (χ0) is 13.9. The maximum absolute atomic E-state index is 12.2. The number of rotatable bonds is 4. The molecule has 4 heteroatoms. The quantitative estimate of drug-likeness (QED) is 0.714. The van der Waals surface area contributed by atoms with Crippen LogP contribution >= 0.6 is 0 Å². The van der Waals surface area contributed by atoms with Crippen molar-refractivity contribution in [2.45, 2.75) is 0 Å². The smallest absolute Gasteiger partial charge is 0.206 e. The Hall–Kier alpha value is -2.75. The number of ketones is 1. The molecule has 2 aromatic carbocycles. The number of benzene rings is 2. The molecule has 3 aromatic rings. The van der Waals surface area contributed by atoms with Gasteiger partial charge in [-0.25, -0.2) is 0 Å². The highest BCUT2D eigenvalue weighted by Crippen LogP contribution is 2.27. The van der Waals surface area contributed by atoms with Gasteiger partial charge in [-0.3, -0.25) is 4.79 Å². The number of para-hydroxylation sites is 2. The van der Waals surface area contributed by atoms with E-state index in [4.69, 9.17) is 4.74 Å². The fourth-order valence-electron chi connectivity index (χ4n) is 2.15. The predicted octanol–water partition coefficient (Wildman–Crippen LogP) is 3.14. The van der Waals surface area contributed by atoms with Crippen molar-refractivity contribution < 1.29 is 14.6 Å². The molecule has 100 valence electrons. The fraction of sp³-hybridized carbons (Fsp3) is 0.0625. The van der Waals surface area contributed by atoms with Gasteiger partial charge in [0.15, 0.2) is 6.61 Å². The lowest BCUT2D eigenvalue weighted by molar-refractivity contribution is 0.0920. The normalized spacial score (nSPS) is 10.6. The first kappa shape index (κ1) is 12.3. The summed E-state index contributed by atoms with van der Waals surface area (Å²) in [7, 11) is 0. The molecule has 0 spiro atoms. The summed E-state index contributed by atoms with van der Waals surface area (Å²) in [4.78, 5) is 15.0. The van der Waals surface area contributed by atoms with Crippen LogP contribution in [0.4, 0.5) is 0 Å². The first-order chi connectivity index (χ1) is 9.75. The van der Waals surface area contributed by atoms with Crippen LogP contribution in [-0.4, -0.2) is 22.5 Å². The largest absolute Gasteiger partial charge is 0.494 e. The zero-order valence-electron chi connectivity index (χ0n) is 10.7. The number of carbonyl (C=O) groups is 1. The first-order valence-electron chi connectivity index (χ1n) is 6.26. The number of aromatic hydroxyl groups is 1. The van der Waals surface area contributed by atoms with E-state index in [0.29, 0.717) is 11.1 Å². The van der Waals surface area contributed by atoms with Crippen LogP contribution in [0.5, 0.6) is 11.6 Å². The van der Waals surface area contributed by atoms with Gasteiger partial charge in [0.25, 0.3) is 0 Å². The van der Waals surface area contributed by atoms with Crippen LogP contribution in [0.1, 0.15) is 10.4 Å². The summed E-state index contributed by atoms with van der Waals surface area (Å²) in [6.07, 6.45) is 0. The summed E-state index contributed by atoms with van der Waals surface area (Å²) in [6, 6.07) is 16.4. The van der Waals surface area contributed by atoms with Crippen molar-refractivity contribution in [3.8, 4) is 11.6 Å². The van der Waals surface area contributed by atoms with Crippen molar-refractivity contribution >= 4 is 16.7 Å². The van der Waals surface area contributed by atoms with Crippen molar-refractivity contribution in [3.63, 3.8) is 0 Å². The van der Waals surface area contributed by atoms with Gasteiger partial charge in [-0.1, -0.05) is 36.4 Å². The van der Waals surface area contributed by atoms with Gasteiger partial charge in [0, 0.05) is 10.9 Å². The van der Waals surface area contributed by atoms with E-state index in [-0.39, 0.29) is 23.8 Å². The maximum atomic E-state index is 12.2. The minimum Gasteiger partial charge on any atom is -0.494 e. The number of hydrogen-bond acceptors (Lipinski definition) is 3. The minimum absolute atomic E-state index is 0.112. The molecule has 1 heterocycles. The third-order valence-corrected chi connectivity index (χ3v) is 3.08. The van der Waals surface area contributed by atoms with Gasteiger partial charge in [-0.15, -0.1) is 0 Å². The molecule has 0 bridgehead atoms. The number of hydrogen-bond donors (Lipinski definition) is 2. The Morgan fingerprint density at radius 3 is 2.55 bits per heavy atom. The molecule has 0 atom stereocenters. The van der Waals surface area contributed by atoms with E-state index in [0.717, 1.165) is 5.52 Å². The monoisotopic (exact) mass is 267 g/mol. The molecule has 4 nitrogen and oxygen atoms in total. The summed E-state index contributed by atoms with van der Waals surface area (Å²) in [5.74, 6) is 0.247. The third kappa shape index (κ3) is 2.23. The van der Waals surface area contributed by atoms with Gasteiger partial charge in [0.05, 0.1) is 5.56 Å². The van der Waals surface area contributed by atoms with Gasteiger partial charge < -0.3 is 14.8 Å². The number of aromatic amines is 1. The van der Waals surface area contributed by atoms with Crippen LogP contribution in [0.15, 0.2) is 54.6 Å². The zero-order valence-corrected chi connectivity index (χ0v) is 10.7. The van der Waals surface area contributed by atoms with Crippen LogP contribution < -0.4 is 4.74 Å². The highest BCUT2D eigenvalue weighted by Gasteiger charge is 2.18. The molecule has 1 aromatic heterocycles. The standard InChI is InChI=1S/C16H13NO3/c18-14(10-20-11-6-2-1-3-7-11)15-12-8-4-5-9-13(12)17-16(15)19/h1-9,17,19H,10H2. The van der Waals surface area contributed by atoms with Crippen molar-refractivity contribution in [1.82, 2.24) is 4.98 Å². The van der Waals surface area contributed by atoms with Crippen molar-refractivity contribution in [1.29, 1.82) is 0 Å². The lowest BCUT2D eigenvalue weighted by Gasteiger charge is -2.04. The van der Waals surface area contributed by atoms with Gasteiger partial charge in [-0.2, -0.15) is 0 Å². The second-order valence-electron chi connectivity index (χ2n) is 4.42. The van der Waals surface area contributed by atoms with E-state index in [9.17, 15) is 9.90 Å². The van der Waals surface area contributed by atoms with Gasteiger partial charge in [-0.05, 0) is 18.2 Å². The van der Waals surface area contributed by atoms with Crippen LogP contribution in [0.3, 0.4) is 0 Å². The fourth-order valence-corrected chi connectivity index (χ4v) is 2.15. The molecular formula is C16H13NO3. The molecule has 3 rings (SSSR count). The minimum atomic E-state index is -0.260. The molecule has 0 saturated carbocycles. The summed E-state index contributed by atoms with van der Waals surface area (Å²) < 4.78 is 5.42. The molecule has 0 radical (unpaired) electrons. The maximum Gasteiger partial charge on any atom is 0.206 e. The number of ether oxygens (including phenoxy) is 1. The van der Waals surface area contributed by atoms with Gasteiger partial charge >= 0.3 is 0 Å². The van der Waals surface area contributed by atoms with Crippen molar-refractivity contribution in [2.75, 3.05) is 6.61 Å². The second kappa shape index (κ2) is 5.09. The van der Waals surface area contributed by atoms with E-state index < -0.39 is 0 Å². The molecule has 0 fully saturated rings. The van der Waals surface area contributed by atoms with E-state index in [1.807, 2.05) is 36.4 Å². The average molecular weight is 267 g/mol. The first-order valence-corrected chi connectivity index (χ1v) is 6.26. The molecule has 0 aliphatic heterocycles. The molecule has 20 heavy (non-hydrogen) atoms. The van der Waals surface area contributed by atoms with Crippen molar-refractivity contribution in [2.24, 2.45) is 0 Å². The van der Waals surface area contributed by atoms with Gasteiger partial charge in [0.1, 0.15) is 5.75 Å². The van der Waals surface area contributed by atoms with E-state index in [1.165, 1.54) is 0 Å². The number of carbonyl (C=O) groups excluding carboxylic acids is 1. The number of H-pyrrole nitrogens is 1. The lowest BCUT2D eigenvalue weighted by atomic mass is 10.1. The summed E-state index contributed by atoms with van der Waals surface area (Å²) in [6.45, 7) is -0.112. The van der Waals surface area contributed by atoms with E-state index >= 15 is 0 Å². The second-order valence-corrected chi connectivity index (χ2v) is 4.42. The molecular weight excluding hydrogens is 254 g/mol.